The fourth-order valence-corrected chi connectivity index (χ4v) is 9.63. The van der Waals surface area contributed by atoms with Crippen LogP contribution in [0.15, 0.2) is 0 Å². The van der Waals surface area contributed by atoms with Gasteiger partial charge in [-0.05, 0) is 25.2 Å². The van der Waals surface area contributed by atoms with Gasteiger partial charge < -0.3 is 14.2 Å². The van der Waals surface area contributed by atoms with Crippen molar-refractivity contribution in [2.75, 3.05) is 13.2 Å². The Hall–Kier alpha value is -1.59. The molecule has 0 spiro atoms. The van der Waals surface area contributed by atoms with E-state index in [1.165, 1.54) is 250 Å². The summed E-state index contributed by atoms with van der Waals surface area (Å²) >= 11 is 0. The monoisotopic (exact) mass is 961 g/mol. The Bertz CT molecular complexity index is 1030. The number of hydrogen-bond acceptors (Lipinski definition) is 6. The van der Waals surface area contributed by atoms with Gasteiger partial charge in [0.2, 0.25) is 0 Å². The quantitative estimate of drug-likeness (QED) is 0.0343. The Balaban J connectivity index is 4.27. The van der Waals surface area contributed by atoms with Crippen LogP contribution < -0.4 is 0 Å². The molecule has 0 bridgehead atoms. The maximum atomic E-state index is 12.9. The first-order chi connectivity index (χ1) is 33.4. The van der Waals surface area contributed by atoms with Crippen LogP contribution in [-0.4, -0.2) is 37.2 Å². The first kappa shape index (κ1) is 66.4. The predicted octanol–water partition coefficient (Wildman–Crippen LogP) is 20.6. The van der Waals surface area contributed by atoms with Crippen LogP contribution in [0.4, 0.5) is 0 Å². The molecule has 6 heteroatoms. The Morgan fingerprint density at radius 3 is 0.721 bits per heavy atom. The van der Waals surface area contributed by atoms with Crippen LogP contribution in [0.5, 0.6) is 0 Å². The molecule has 404 valence electrons. The lowest BCUT2D eigenvalue weighted by Crippen LogP contribution is -2.30. The third-order valence-electron chi connectivity index (χ3n) is 14.3. The summed E-state index contributed by atoms with van der Waals surface area (Å²) in [6.07, 6.45) is 62.5. The molecule has 6 nitrogen and oxygen atoms in total. The van der Waals surface area contributed by atoms with Crippen molar-refractivity contribution in [3.05, 3.63) is 0 Å². The molecule has 0 saturated heterocycles. The van der Waals surface area contributed by atoms with Crippen LogP contribution in [0.3, 0.4) is 0 Å². The number of rotatable bonds is 57. The van der Waals surface area contributed by atoms with Crippen molar-refractivity contribution in [1.29, 1.82) is 0 Å². The lowest BCUT2D eigenvalue weighted by Gasteiger charge is -2.18. The molecule has 0 aromatic carbocycles. The maximum absolute atomic E-state index is 12.9. The standard InChI is InChI=1S/C62H120O6/c1-5-7-9-11-13-15-17-19-21-23-25-27-29-31-33-39-43-47-51-55-62(65)68-59(57-67-61(64)54-50-46-42-38-35-34-36-40-44-48-52-58(3)4)56-66-60(63)53-49-45-41-37-32-30-28-26-24-22-20-18-16-14-12-10-8-6-2/h58-59H,5-57H2,1-4H3/t59-/m0/s1. The average Bonchev–Trinajstić information content (AvgIpc) is 3.32. The van der Waals surface area contributed by atoms with Crippen molar-refractivity contribution in [3.8, 4) is 0 Å². The van der Waals surface area contributed by atoms with Crippen molar-refractivity contribution in [3.63, 3.8) is 0 Å². The molecule has 0 aromatic heterocycles. The van der Waals surface area contributed by atoms with Gasteiger partial charge in [0.05, 0.1) is 0 Å². The van der Waals surface area contributed by atoms with E-state index < -0.39 is 6.10 Å². The summed E-state index contributed by atoms with van der Waals surface area (Å²) in [7, 11) is 0. The molecule has 0 aromatic rings. The van der Waals surface area contributed by atoms with E-state index in [-0.39, 0.29) is 31.1 Å². The van der Waals surface area contributed by atoms with Gasteiger partial charge in [-0.25, -0.2) is 0 Å². The molecule has 0 fully saturated rings. The van der Waals surface area contributed by atoms with E-state index in [1.54, 1.807) is 0 Å². The molecule has 0 amide bonds. The van der Waals surface area contributed by atoms with Crippen LogP contribution >= 0.6 is 0 Å². The lowest BCUT2D eigenvalue weighted by atomic mass is 10.0. The molecule has 0 N–H and O–H groups in total. The molecule has 0 aliphatic rings. The van der Waals surface area contributed by atoms with Gasteiger partial charge in [0.1, 0.15) is 13.2 Å². The van der Waals surface area contributed by atoms with Crippen LogP contribution in [-0.2, 0) is 28.6 Å². The highest BCUT2D eigenvalue weighted by molar-refractivity contribution is 5.71. The Kier molecular flexibility index (Phi) is 55.0. The van der Waals surface area contributed by atoms with Crippen LogP contribution in [0, 0.1) is 5.92 Å². The second-order valence-corrected chi connectivity index (χ2v) is 21.8. The van der Waals surface area contributed by atoms with Gasteiger partial charge in [0.15, 0.2) is 6.10 Å². The number of unbranched alkanes of at least 4 members (excludes halogenated alkanes) is 44. The zero-order valence-electron chi connectivity index (χ0n) is 46.6. The smallest absolute Gasteiger partial charge is 0.306 e. The van der Waals surface area contributed by atoms with Crippen LogP contribution in [0.2, 0.25) is 0 Å². The molecular weight excluding hydrogens is 841 g/mol. The Labute approximate surface area is 425 Å². The summed E-state index contributed by atoms with van der Waals surface area (Å²) in [6.45, 7) is 9.06. The molecule has 68 heavy (non-hydrogen) atoms. The zero-order chi connectivity index (χ0) is 49.5. The summed E-state index contributed by atoms with van der Waals surface area (Å²) in [6, 6.07) is 0. The maximum Gasteiger partial charge on any atom is 0.306 e. The number of carbonyl (C=O) groups is 3. The summed E-state index contributed by atoms with van der Waals surface area (Å²) < 4.78 is 16.9. The highest BCUT2D eigenvalue weighted by Crippen LogP contribution is 2.18. The van der Waals surface area contributed by atoms with Crippen molar-refractivity contribution in [1.82, 2.24) is 0 Å². The minimum atomic E-state index is -0.763. The van der Waals surface area contributed by atoms with E-state index in [4.69, 9.17) is 14.2 Å². The van der Waals surface area contributed by atoms with Crippen molar-refractivity contribution in [2.45, 2.75) is 361 Å². The Morgan fingerprint density at radius 1 is 0.279 bits per heavy atom. The van der Waals surface area contributed by atoms with Gasteiger partial charge in [-0.2, -0.15) is 0 Å². The van der Waals surface area contributed by atoms with Crippen molar-refractivity contribution < 1.29 is 28.6 Å². The molecule has 0 aliphatic carbocycles. The third kappa shape index (κ3) is 55.3. The number of hydrogen-bond donors (Lipinski definition) is 0. The second kappa shape index (κ2) is 56.3. The molecule has 0 saturated carbocycles. The topological polar surface area (TPSA) is 78.9 Å². The number of ether oxygens (including phenoxy) is 3. The molecular formula is C62H120O6. The van der Waals surface area contributed by atoms with Gasteiger partial charge in [-0.3, -0.25) is 14.4 Å². The normalized spacial score (nSPS) is 12.0. The summed E-state index contributed by atoms with van der Waals surface area (Å²) in [5.74, 6) is -0.0136. The highest BCUT2D eigenvalue weighted by atomic mass is 16.6. The summed E-state index contributed by atoms with van der Waals surface area (Å²) in [5, 5.41) is 0. The minimum absolute atomic E-state index is 0.0617. The fraction of sp³-hybridized carbons (Fsp3) is 0.952. The van der Waals surface area contributed by atoms with E-state index in [2.05, 4.69) is 27.7 Å². The summed E-state index contributed by atoms with van der Waals surface area (Å²) in [5.41, 5.74) is 0. The molecule has 0 heterocycles. The number of esters is 3. The van der Waals surface area contributed by atoms with Crippen LogP contribution in [0.1, 0.15) is 355 Å². The van der Waals surface area contributed by atoms with E-state index in [9.17, 15) is 14.4 Å². The molecule has 0 rings (SSSR count). The molecule has 0 aliphatic heterocycles. The SMILES string of the molecule is CCCCCCCCCCCCCCCCCCCCCC(=O)O[C@@H](COC(=O)CCCCCCCCCCCCCCCCCCCC)COC(=O)CCCCCCCCCCCCC(C)C. The third-order valence-corrected chi connectivity index (χ3v) is 14.3. The summed E-state index contributed by atoms with van der Waals surface area (Å²) in [4.78, 5) is 38.2. The Morgan fingerprint density at radius 2 is 0.485 bits per heavy atom. The molecule has 1 atom stereocenters. The number of carbonyl (C=O) groups excluding carboxylic acids is 3. The molecule has 0 unspecified atom stereocenters. The van der Waals surface area contributed by atoms with Crippen molar-refractivity contribution >= 4 is 17.9 Å². The van der Waals surface area contributed by atoms with Gasteiger partial charge in [-0.15, -0.1) is 0 Å². The first-order valence-electron chi connectivity index (χ1n) is 30.9. The zero-order valence-corrected chi connectivity index (χ0v) is 46.6. The largest absolute Gasteiger partial charge is 0.462 e. The average molecular weight is 962 g/mol. The first-order valence-corrected chi connectivity index (χ1v) is 30.9. The molecule has 0 radical (unpaired) electrons. The second-order valence-electron chi connectivity index (χ2n) is 21.8. The van der Waals surface area contributed by atoms with Crippen LogP contribution in [0.25, 0.3) is 0 Å². The lowest BCUT2D eigenvalue weighted by molar-refractivity contribution is -0.167. The van der Waals surface area contributed by atoms with E-state index in [1.807, 2.05) is 0 Å². The van der Waals surface area contributed by atoms with Gasteiger partial charge in [0.25, 0.3) is 0 Å². The highest BCUT2D eigenvalue weighted by Gasteiger charge is 2.19. The van der Waals surface area contributed by atoms with E-state index >= 15 is 0 Å². The van der Waals surface area contributed by atoms with E-state index in [0.29, 0.717) is 19.3 Å². The fourth-order valence-electron chi connectivity index (χ4n) is 9.63. The van der Waals surface area contributed by atoms with Gasteiger partial charge in [-0.1, -0.05) is 317 Å². The predicted molar refractivity (Wildman–Crippen MR) is 293 cm³/mol. The van der Waals surface area contributed by atoms with E-state index in [0.717, 1.165) is 63.7 Å². The van der Waals surface area contributed by atoms with Crippen molar-refractivity contribution in [2.24, 2.45) is 5.92 Å². The van der Waals surface area contributed by atoms with Gasteiger partial charge >= 0.3 is 17.9 Å². The minimum Gasteiger partial charge on any atom is -0.462 e. The van der Waals surface area contributed by atoms with Gasteiger partial charge in [0, 0.05) is 19.3 Å².